The van der Waals surface area contributed by atoms with Gasteiger partial charge in [-0.25, -0.2) is 4.39 Å². The van der Waals surface area contributed by atoms with Crippen LogP contribution in [0.4, 0.5) is 10.1 Å². The van der Waals surface area contributed by atoms with E-state index in [0.29, 0.717) is 11.5 Å². The molecule has 3 rings (SSSR count). The van der Waals surface area contributed by atoms with E-state index in [0.717, 1.165) is 25.2 Å². The fourth-order valence-corrected chi connectivity index (χ4v) is 3.27. The molecule has 0 N–H and O–H groups in total. The van der Waals surface area contributed by atoms with Gasteiger partial charge in [-0.15, -0.1) is 0 Å². The zero-order valence-electron chi connectivity index (χ0n) is 15.6. The Morgan fingerprint density at radius 1 is 1.17 bits per heavy atom. The van der Waals surface area contributed by atoms with Crippen molar-refractivity contribution in [3.05, 3.63) is 24.0 Å². The van der Waals surface area contributed by atoms with Crippen molar-refractivity contribution in [1.29, 1.82) is 0 Å². The van der Waals surface area contributed by atoms with E-state index < -0.39 is 18.3 Å². The number of likely N-dealkylation sites (N-methyl/N-ethyl adjacent to an activating group) is 1. The van der Waals surface area contributed by atoms with E-state index in [1.165, 1.54) is 0 Å². The number of anilines is 1. The van der Waals surface area contributed by atoms with E-state index in [9.17, 15) is 4.39 Å². The first-order chi connectivity index (χ1) is 11.1. The molecule has 0 bridgehead atoms. The van der Waals surface area contributed by atoms with E-state index in [-0.39, 0.29) is 5.82 Å². The van der Waals surface area contributed by atoms with Crippen LogP contribution >= 0.6 is 0 Å². The van der Waals surface area contributed by atoms with Gasteiger partial charge in [0.05, 0.1) is 11.2 Å². The van der Waals surface area contributed by atoms with Crippen molar-refractivity contribution in [2.45, 2.75) is 51.4 Å². The Morgan fingerprint density at radius 3 is 2.29 bits per heavy atom. The normalized spacial score (nSPS) is 25.8. The van der Waals surface area contributed by atoms with E-state index in [2.05, 4.69) is 23.9 Å². The highest BCUT2D eigenvalue weighted by Gasteiger charge is 2.52. The Bertz CT molecular complexity index is 605. The summed E-state index contributed by atoms with van der Waals surface area (Å²) in [6.07, 6.45) is 1.10. The molecule has 0 aliphatic carbocycles. The van der Waals surface area contributed by atoms with Crippen LogP contribution in [0.25, 0.3) is 0 Å². The fraction of sp³-hybridized carbons (Fsp3) is 0.667. The second kappa shape index (κ2) is 6.01. The van der Waals surface area contributed by atoms with Gasteiger partial charge in [0, 0.05) is 30.3 Å². The lowest BCUT2D eigenvalue weighted by Gasteiger charge is -2.32. The van der Waals surface area contributed by atoms with Gasteiger partial charge in [0.2, 0.25) is 0 Å². The minimum Gasteiger partial charge on any atom is -0.399 e. The summed E-state index contributed by atoms with van der Waals surface area (Å²) in [6, 6.07) is 5.91. The minimum absolute atomic E-state index is 0.265. The summed E-state index contributed by atoms with van der Waals surface area (Å²) >= 11 is 0. The molecule has 2 saturated heterocycles. The molecule has 1 unspecified atom stereocenters. The molecule has 132 valence electrons. The fourth-order valence-electron chi connectivity index (χ4n) is 3.27. The lowest BCUT2D eigenvalue weighted by Crippen LogP contribution is -2.41. The molecule has 0 aromatic heterocycles. The molecule has 1 aromatic carbocycles. The van der Waals surface area contributed by atoms with Crippen LogP contribution in [0, 0.1) is 5.82 Å². The summed E-state index contributed by atoms with van der Waals surface area (Å²) in [6.45, 7) is 9.80. The maximum atomic E-state index is 14.7. The number of benzene rings is 1. The molecule has 4 nitrogen and oxygen atoms in total. The first-order valence-electron chi connectivity index (χ1n) is 8.67. The smallest absolute Gasteiger partial charge is 0.399 e. The zero-order chi connectivity index (χ0) is 17.7. The van der Waals surface area contributed by atoms with Crippen molar-refractivity contribution in [3.8, 4) is 0 Å². The number of hydrogen-bond donors (Lipinski definition) is 0. The van der Waals surface area contributed by atoms with Crippen LogP contribution in [-0.2, 0) is 9.31 Å². The Kier molecular flexibility index (Phi) is 4.43. The van der Waals surface area contributed by atoms with Crippen molar-refractivity contribution in [2.24, 2.45) is 0 Å². The predicted octanol–water partition coefficient (Wildman–Crippen LogP) is 2.27. The van der Waals surface area contributed by atoms with Crippen LogP contribution in [0.15, 0.2) is 18.2 Å². The third-order valence-corrected chi connectivity index (χ3v) is 5.75. The van der Waals surface area contributed by atoms with Crippen molar-refractivity contribution in [1.82, 2.24) is 4.90 Å². The van der Waals surface area contributed by atoms with Crippen LogP contribution in [0.1, 0.15) is 34.1 Å². The quantitative estimate of drug-likeness (QED) is 0.792. The van der Waals surface area contributed by atoms with Crippen LogP contribution in [0.2, 0.25) is 0 Å². The summed E-state index contributed by atoms with van der Waals surface area (Å²) in [5.74, 6) is -0.265. The van der Waals surface area contributed by atoms with Gasteiger partial charge in [-0.05, 0) is 60.3 Å². The van der Waals surface area contributed by atoms with Gasteiger partial charge >= 0.3 is 7.12 Å². The Labute approximate surface area is 145 Å². The van der Waals surface area contributed by atoms with Gasteiger partial charge in [-0.2, -0.15) is 0 Å². The number of halogens is 1. The van der Waals surface area contributed by atoms with Crippen molar-refractivity contribution in [3.63, 3.8) is 0 Å². The Balaban J connectivity index is 1.77. The topological polar surface area (TPSA) is 24.9 Å². The lowest BCUT2D eigenvalue weighted by atomic mass is 9.78. The molecule has 24 heavy (non-hydrogen) atoms. The van der Waals surface area contributed by atoms with E-state index in [1.54, 1.807) is 12.1 Å². The maximum absolute atomic E-state index is 14.7. The number of hydrogen-bond acceptors (Lipinski definition) is 4. The average Bonchev–Trinajstić information content (AvgIpc) is 3.02. The van der Waals surface area contributed by atoms with Crippen LogP contribution in [-0.4, -0.2) is 56.4 Å². The summed E-state index contributed by atoms with van der Waals surface area (Å²) in [5, 5.41) is 0. The van der Waals surface area contributed by atoms with Gasteiger partial charge in [-0.1, -0.05) is 6.07 Å². The molecule has 1 atom stereocenters. The second-order valence-electron chi connectivity index (χ2n) is 8.15. The Morgan fingerprint density at radius 2 is 1.79 bits per heavy atom. The summed E-state index contributed by atoms with van der Waals surface area (Å²) in [7, 11) is 3.53. The van der Waals surface area contributed by atoms with Gasteiger partial charge in [0.25, 0.3) is 0 Å². The van der Waals surface area contributed by atoms with Gasteiger partial charge < -0.3 is 19.1 Å². The summed E-state index contributed by atoms with van der Waals surface area (Å²) in [4.78, 5) is 4.47. The molecule has 2 aliphatic rings. The van der Waals surface area contributed by atoms with E-state index >= 15 is 0 Å². The van der Waals surface area contributed by atoms with Gasteiger partial charge in [-0.3, -0.25) is 0 Å². The number of nitrogens with zero attached hydrogens (tertiary/aromatic N) is 2. The number of rotatable bonds is 3. The molecule has 0 radical (unpaired) electrons. The third-order valence-electron chi connectivity index (χ3n) is 5.75. The van der Waals surface area contributed by atoms with Crippen LogP contribution in [0.5, 0.6) is 0 Å². The molecule has 2 aliphatic heterocycles. The second-order valence-corrected chi connectivity index (χ2v) is 8.15. The van der Waals surface area contributed by atoms with Crippen LogP contribution < -0.4 is 10.4 Å². The van der Waals surface area contributed by atoms with Gasteiger partial charge in [0.15, 0.2) is 0 Å². The molecule has 0 spiro atoms. The molecule has 6 heteroatoms. The largest absolute Gasteiger partial charge is 0.497 e. The molecule has 0 amide bonds. The van der Waals surface area contributed by atoms with Crippen molar-refractivity contribution >= 4 is 18.3 Å². The summed E-state index contributed by atoms with van der Waals surface area (Å²) < 4.78 is 26.6. The highest BCUT2D eigenvalue weighted by molar-refractivity contribution is 6.62. The van der Waals surface area contributed by atoms with Crippen molar-refractivity contribution < 1.29 is 13.7 Å². The van der Waals surface area contributed by atoms with Crippen LogP contribution in [0.3, 0.4) is 0 Å². The average molecular weight is 334 g/mol. The molecule has 2 heterocycles. The maximum Gasteiger partial charge on any atom is 0.497 e. The lowest BCUT2D eigenvalue weighted by molar-refractivity contribution is 0.00578. The molecule has 0 saturated carbocycles. The first-order valence-corrected chi connectivity index (χ1v) is 8.67. The standard InChI is InChI=1S/C18H28BFN2O2/c1-17(2)18(3,4)24-19(23-17)15-8-7-13(11-16(15)20)22-10-9-14(12-22)21(5)6/h7-8,11,14H,9-10,12H2,1-6H3. The third kappa shape index (κ3) is 3.07. The Hall–Kier alpha value is -1.11. The van der Waals surface area contributed by atoms with Gasteiger partial charge in [0.1, 0.15) is 5.82 Å². The highest BCUT2D eigenvalue weighted by Crippen LogP contribution is 2.36. The molecule has 1 aromatic rings. The van der Waals surface area contributed by atoms with E-state index in [4.69, 9.17) is 9.31 Å². The minimum atomic E-state index is -0.655. The molecule has 2 fully saturated rings. The monoisotopic (exact) mass is 334 g/mol. The zero-order valence-corrected chi connectivity index (χ0v) is 15.6. The van der Waals surface area contributed by atoms with Crippen molar-refractivity contribution in [2.75, 3.05) is 32.1 Å². The van der Waals surface area contributed by atoms with E-state index in [1.807, 2.05) is 33.8 Å². The highest BCUT2D eigenvalue weighted by atomic mass is 19.1. The molecular formula is C18H28BFN2O2. The molecular weight excluding hydrogens is 306 g/mol. The predicted molar refractivity (Wildman–Crippen MR) is 96.4 cm³/mol. The first kappa shape index (κ1) is 17.7. The summed E-state index contributed by atoms with van der Waals surface area (Å²) in [5.41, 5.74) is 0.478. The SMILES string of the molecule is CN(C)C1CCN(c2ccc(B3OC(C)(C)C(C)(C)O3)c(F)c2)C1.